The molecule has 0 atom stereocenters. The highest BCUT2D eigenvalue weighted by molar-refractivity contribution is 6.33. The van der Waals surface area contributed by atoms with Crippen molar-refractivity contribution in [1.82, 2.24) is 0 Å². The molecule has 0 spiro atoms. The molecule has 3 aromatic carbocycles. The van der Waals surface area contributed by atoms with E-state index >= 15 is 0 Å². The van der Waals surface area contributed by atoms with Crippen molar-refractivity contribution >= 4 is 29.5 Å². The number of amidine groups is 1. The third-order valence-electron chi connectivity index (χ3n) is 5.02. The van der Waals surface area contributed by atoms with Crippen molar-refractivity contribution in [2.45, 2.75) is 6.92 Å². The summed E-state index contributed by atoms with van der Waals surface area (Å²) < 4.78 is 24.8. The maximum absolute atomic E-state index is 14.6. The number of amides is 1. The monoisotopic (exact) mass is 444 g/mol. The van der Waals surface area contributed by atoms with E-state index in [9.17, 15) is 14.0 Å². The van der Waals surface area contributed by atoms with Gasteiger partial charge in [-0.25, -0.2) is 14.2 Å². The number of hydrogen-bond acceptors (Lipinski definition) is 5. The minimum Gasteiger partial charge on any atom is -0.494 e. The summed E-state index contributed by atoms with van der Waals surface area (Å²) in [4.78, 5) is 30.9. The van der Waals surface area contributed by atoms with Crippen LogP contribution in [0.4, 0.5) is 10.1 Å². The molecule has 1 aliphatic heterocycles. The second-order valence-corrected chi connectivity index (χ2v) is 7.13. The Balaban J connectivity index is 1.75. The zero-order valence-electron chi connectivity index (χ0n) is 18.1. The Kier molecular flexibility index (Phi) is 6.31. The van der Waals surface area contributed by atoms with Crippen molar-refractivity contribution in [3.05, 3.63) is 101 Å². The number of benzene rings is 3. The molecule has 0 bridgehead atoms. The number of rotatable bonds is 6. The number of carbonyl (C=O) groups is 2. The van der Waals surface area contributed by atoms with E-state index < -0.39 is 17.7 Å². The van der Waals surface area contributed by atoms with Crippen molar-refractivity contribution in [1.29, 1.82) is 0 Å². The lowest BCUT2D eigenvalue weighted by Gasteiger charge is -2.19. The third-order valence-corrected chi connectivity index (χ3v) is 5.02. The number of halogens is 1. The highest BCUT2D eigenvalue weighted by Crippen LogP contribution is 2.30. The topological polar surface area (TPSA) is 68.2 Å². The Morgan fingerprint density at radius 1 is 1.03 bits per heavy atom. The number of anilines is 1. The van der Waals surface area contributed by atoms with Crippen LogP contribution in [0.3, 0.4) is 0 Å². The lowest BCUT2D eigenvalue weighted by molar-refractivity contribution is -0.113. The predicted octanol–water partition coefficient (Wildman–Crippen LogP) is 4.85. The van der Waals surface area contributed by atoms with Crippen LogP contribution >= 0.6 is 0 Å². The molecule has 0 saturated carbocycles. The van der Waals surface area contributed by atoms with Crippen LogP contribution < -0.4 is 9.64 Å². The highest BCUT2D eigenvalue weighted by Gasteiger charge is 2.33. The molecule has 0 aromatic heterocycles. The predicted molar refractivity (Wildman–Crippen MR) is 124 cm³/mol. The number of esters is 1. The minimum absolute atomic E-state index is 0.146. The average molecular weight is 444 g/mol. The Morgan fingerprint density at radius 2 is 1.73 bits per heavy atom. The molecule has 0 fully saturated rings. The van der Waals surface area contributed by atoms with Gasteiger partial charge in [0.2, 0.25) is 0 Å². The van der Waals surface area contributed by atoms with E-state index in [0.29, 0.717) is 29.2 Å². The first-order valence-electron chi connectivity index (χ1n) is 10.3. The standard InChI is InChI=1S/C26H21FN2O4/c1-3-33-20-14-12-19(13-15-20)29-24(21-6-4-5-7-22(21)27)28-23(25(29)30)16-17-8-10-18(11-9-17)26(31)32-2/h4-16H,3H2,1-2H3/b23-16+. The molecule has 1 heterocycles. The van der Waals surface area contributed by atoms with E-state index in [2.05, 4.69) is 4.99 Å². The van der Waals surface area contributed by atoms with E-state index in [1.807, 2.05) is 6.92 Å². The molecule has 1 amide bonds. The van der Waals surface area contributed by atoms with Crippen LogP contribution in [0.15, 0.2) is 83.5 Å². The Labute approximate surface area is 190 Å². The van der Waals surface area contributed by atoms with Gasteiger partial charge in [-0.15, -0.1) is 0 Å². The fourth-order valence-corrected chi connectivity index (χ4v) is 3.43. The molecule has 3 aromatic rings. The van der Waals surface area contributed by atoms with Crippen molar-refractivity contribution in [2.24, 2.45) is 4.99 Å². The molecule has 0 radical (unpaired) electrons. The quantitative estimate of drug-likeness (QED) is 0.403. The Bertz CT molecular complexity index is 1250. The fraction of sp³-hybridized carbons (Fsp3) is 0.115. The normalized spacial score (nSPS) is 14.4. The third kappa shape index (κ3) is 4.52. The van der Waals surface area contributed by atoms with Gasteiger partial charge < -0.3 is 9.47 Å². The molecule has 6 nitrogen and oxygen atoms in total. The number of ether oxygens (including phenoxy) is 2. The summed E-state index contributed by atoms with van der Waals surface area (Å²) in [6.07, 6.45) is 1.60. The molecule has 7 heteroatoms. The first-order valence-corrected chi connectivity index (χ1v) is 10.3. The van der Waals surface area contributed by atoms with Crippen LogP contribution in [0.1, 0.15) is 28.4 Å². The largest absolute Gasteiger partial charge is 0.494 e. The summed E-state index contributed by atoms with van der Waals surface area (Å²) in [6, 6.07) is 19.7. The molecule has 0 N–H and O–H groups in total. The van der Waals surface area contributed by atoms with Gasteiger partial charge in [0.05, 0.1) is 30.5 Å². The van der Waals surface area contributed by atoms with Gasteiger partial charge in [0.15, 0.2) is 5.84 Å². The zero-order valence-corrected chi connectivity index (χ0v) is 18.1. The van der Waals surface area contributed by atoms with Gasteiger partial charge in [-0.2, -0.15) is 0 Å². The van der Waals surface area contributed by atoms with E-state index in [1.165, 1.54) is 18.1 Å². The minimum atomic E-state index is -0.483. The van der Waals surface area contributed by atoms with Gasteiger partial charge in [-0.3, -0.25) is 9.69 Å². The van der Waals surface area contributed by atoms with Gasteiger partial charge in [-0.05, 0) is 67.1 Å². The summed E-state index contributed by atoms with van der Waals surface area (Å²) in [5.74, 6) is -0.468. The number of nitrogens with zero attached hydrogens (tertiary/aromatic N) is 2. The Hall–Kier alpha value is -4.26. The number of methoxy groups -OCH3 is 1. The highest BCUT2D eigenvalue weighted by atomic mass is 19.1. The molecule has 0 aliphatic carbocycles. The van der Waals surface area contributed by atoms with Crippen LogP contribution in [-0.2, 0) is 9.53 Å². The Morgan fingerprint density at radius 3 is 2.36 bits per heavy atom. The average Bonchev–Trinajstić information content (AvgIpc) is 3.15. The van der Waals surface area contributed by atoms with Crippen molar-refractivity contribution in [3.8, 4) is 5.75 Å². The van der Waals surface area contributed by atoms with Crippen molar-refractivity contribution < 1.29 is 23.5 Å². The fourth-order valence-electron chi connectivity index (χ4n) is 3.43. The van der Waals surface area contributed by atoms with Crippen LogP contribution in [0.25, 0.3) is 6.08 Å². The molecular weight excluding hydrogens is 423 g/mol. The summed E-state index contributed by atoms with van der Waals surface area (Å²) in [7, 11) is 1.31. The second kappa shape index (κ2) is 9.48. The second-order valence-electron chi connectivity index (χ2n) is 7.13. The maximum Gasteiger partial charge on any atom is 0.337 e. The van der Waals surface area contributed by atoms with Gasteiger partial charge in [0, 0.05) is 0 Å². The molecular formula is C26H21FN2O4. The lowest BCUT2D eigenvalue weighted by Crippen LogP contribution is -2.33. The number of hydrogen-bond donors (Lipinski definition) is 0. The van der Waals surface area contributed by atoms with Crippen molar-refractivity contribution in [3.63, 3.8) is 0 Å². The van der Waals surface area contributed by atoms with Crippen LogP contribution in [-0.4, -0.2) is 31.4 Å². The van der Waals surface area contributed by atoms with E-state index in [0.717, 1.165) is 0 Å². The maximum atomic E-state index is 14.6. The van der Waals surface area contributed by atoms with Crippen LogP contribution in [0, 0.1) is 5.82 Å². The summed E-state index contributed by atoms with van der Waals surface area (Å²) in [5.41, 5.74) is 1.95. The SMILES string of the molecule is CCOc1ccc(N2C(=O)/C(=C\c3ccc(C(=O)OC)cc3)N=C2c2ccccc2F)cc1. The van der Waals surface area contributed by atoms with Gasteiger partial charge >= 0.3 is 5.97 Å². The van der Waals surface area contributed by atoms with E-state index in [-0.39, 0.29) is 17.1 Å². The smallest absolute Gasteiger partial charge is 0.337 e. The molecule has 33 heavy (non-hydrogen) atoms. The molecule has 0 unspecified atom stereocenters. The first-order chi connectivity index (χ1) is 16.0. The van der Waals surface area contributed by atoms with Gasteiger partial charge in [-0.1, -0.05) is 24.3 Å². The van der Waals surface area contributed by atoms with Gasteiger partial charge in [0.25, 0.3) is 5.91 Å². The molecule has 4 rings (SSSR count). The molecule has 0 saturated heterocycles. The van der Waals surface area contributed by atoms with Crippen LogP contribution in [0.2, 0.25) is 0 Å². The summed E-state index contributed by atoms with van der Waals surface area (Å²) in [5, 5.41) is 0. The number of aliphatic imine (C=N–C) groups is 1. The lowest BCUT2D eigenvalue weighted by atomic mass is 10.1. The summed E-state index contributed by atoms with van der Waals surface area (Å²) >= 11 is 0. The molecule has 1 aliphatic rings. The van der Waals surface area contributed by atoms with Crippen LogP contribution in [0.5, 0.6) is 5.75 Å². The zero-order chi connectivity index (χ0) is 23.4. The number of carbonyl (C=O) groups excluding carboxylic acids is 2. The van der Waals surface area contributed by atoms with E-state index in [1.54, 1.807) is 72.8 Å². The molecule has 166 valence electrons. The van der Waals surface area contributed by atoms with Crippen molar-refractivity contribution in [2.75, 3.05) is 18.6 Å². The van der Waals surface area contributed by atoms with E-state index in [4.69, 9.17) is 9.47 Å². The first kappa shape index (κ1) is 22.0. The summed E-state index contributed by atoms with van der Waals surface area (Å²) in [6.45, 7) is 2.40. The van der Waals surface area contributed by atoms with Gasteiger partial charge in [0.1, 0.15) is 17.3 Å².